The fraction of sp³-hybridized carbons (Fsp3) is 0.250. The number of aryl methyl sites for hydroxylation is 1. The third-order valence-corrected chi connectivity index (χ3v) is 3.92. The monoisotopic (exact) mass is 357 g/mol. The molecule has 0 aliphatic rings. The summed E-state index contributed by atoms with van der Waals surface area (Å²) in [5.74, 6) is -1.88. The molecule has 1 N–H and O–H groups in total. The van der Waals surface area contributed by atoms with Crippen LogP contribution in [0.3, 0.4) is 0 Å². The molecular weight excluding hydrogens is 343 g/mol. The Labute approximate surface area is 130 Å². The van der Waals surface area contributed by atoms with Crippen LogP contribution in [0.1, 0.15) is 29.7 Å². The summed E-state index contributed by atoms with van der Waals surface area (Å²) >= 11 is 3.04. The third-order valence-electron chi connectivity index (χ3n) is 3.31. The van der Waals surface area contributed by atoms with E-state index in [4.69, 9.17) is 0 Å². The molecule has 1 unspecified atom stereocenters. The summed E-state index contributed by atoms with van der Waals surface area (Å²) in [5, 5.41) is 2.95. The molecule has 5 heteroatoms. The number of benzene rings is 2. The molecule has 0 heterocycles. The molecule has 0 bridgehead atoms. The van der Waals surface area contributed by atoms with Gasteiger partial charge in [-0.3, -0.25) is 0 Å². The van der Waals surface area contributed by atoms with Gasteiger partial charge in [0.1, 0.15) is 17.5 Å². The first kappa shape index (κ1) is 16.0. The maximum absolute atomic E-state index is 14.3. The average Bonchev–Trinajstić information content (AvgIpc) is 2.45. The standard InChI is InChI=1S/C16H15BrF3N/c1-3-21-16(10-6-4-5-9(2)14(10)19)13-12(18)8-7-11(17)15(13)20/h4-8,16,21H,3H2,1-2H3. The van der Waals surface area contributed by atoms with Crippen molar-refractivity contribution in [1.29, 1.82) is 0 Å². The molecular formula is C16H15BrF3N. The summed E-state index contributed by atoms with van der Waals surface area (Å²) in [6, 6.07) is 6.41. The maximum atomic E-state index is 14.3. The Morgan fingerprint density at radius 3 is 2.48 bits per heavy atom. The van der Waals surface area contributed by atoms with Gasteiger partial charge in [0.15, 0.2) is 0 Å². The molecule has 0 spiro atoms. The van der Waals surface area contributed by atoms with Crippen LogP contribution in [-0.2, 0) is 0 Å². The lowest BCUT2D eigenvalue weighted by atomic mass is 9.95. The Morgan fingerprint density at radius 1 is 1.10 bits per heavy atom. The predicted molar refractivity (Wildman–Crippen MR) is 80.7 cm³/mol. The van der Waals surface area contributed by atoms with Crippen LogP contribution in [0.4, 0.5) is 13.2 Å². The van der Waals surface area contributed by atoms with Crippen LogP contribution >= 0.6 is 15.9 Å². The molecule has 0 fully saturated rings. The van der Waals surface area contributed by atoms with Gasteiger partial charge >= 0.3 is 0 Å². The van der Waals surface area contributed by atoms with E-state index in [0.717, 1.165) is 0 Å². The predicted octanol–water partition coefficient (Wildman–Crippen LogP) is 4.87. The highest BCUT2D eigenvalue weighted by Crippen LogP contribution is 2.32. The van der Waals surface area contributed by atoms with E-state index in [1.54, 1.807) is 26.0 Å². The second-order valence-electron chi connectivity index (χ2n) is 4.73. The zero-order valence-electron chi connectivity index (χ0n) is 11.7. The zero-order chi connectivity index (χ0) is 15.6. The fourth-order valence-electron chi connectivity index (χ4n) is 2.27. The van der Waals surface area contributed by atoms with Crippen LogP contribution in [-0.4, -0.2) is 6.54 Å². The van der Waals surface area contributed by atoms with Crippen LogP contribution in [0, 0.1) is 24.4 Å². The molecule has 0 amide bonds. The van der Waals surface area contributed by atoms with Gasteiger partial charge in [-0.1, -0.05) is 25.1 Å². The number of rotatable bonds is 4. The van der Waals surface area contributed by atoms with Crippen molar-refractivity contribution in [2.45, 2.75) is 19.9 Å². The highest BCUT2D eigenvalue weighted by Gasteiger charge is 2.25. The van der Waals surface area contributed by atoms with E-state index in [0.29, 0.717) is 12.1 Å². The smallest absolute Gasteiger partial charge is 0.145 e. The summed E-state index contributed by atoms with van der Waals surface area (Å²) in [5.41, 5.74) is 0.481. The molecule has 1 nitrogen and oxygen atoms in total. The molecule has 0 saturated carbocycles. The van der Waals surface area contributed by atoms with E-state index in [-0.39, 0.29) is 15.6 Å². The van der Waals surface area contributed by atoms with Gasteiger partial charge in [-0.05, 0) is 47.1 Å². The SMILES string of the molecule is CCNC(c1cccc(C)c1F)c1c(F)ccc(Br)c1F. The third kappa shape index (κ3) is 3.14. The van der Waals surface area contributed by atoms with Crippen molar-refractivity contribution in [2.24, 2.45) is 0 Å². The highest BCUT2D eigenvalue weighted by atomic mass is 79.9. The summed E-state index contributed by atoms with van der Waals surface area (Å²) in [6.07, 6.45) is 0. The normalized spacial score (nSPS) is 12.5. The molecule has 0 saturated heterocycles. The summed E-state index contributed by atoms with van der Waals surface area (Å²) in [6.45, 7) is 3.87. The summed E-state index contributed by atoms with van der Waals surface area (Å²) < 4.78 is 42.9. The highest BCUT2D eigenvalue weighted by molar-refractivity contribution is 9.10. The lowest BCUT2D eigenvalue weighted by Crippen LogP contribution is -2.25. The molecule has 0 aliphatic heterocycles. The lowest BCUT2D eigenvalue weighted by molar-refractivity contribution is 0.491. The van der Waals surface area contributed by atoms with E-state index in [9.17, 15) is 13.2 Å². The van der Waals surface area contributed by atoms with Crippen molar-refractivity contribution < 1.29 is 13.2 Å². The van der Waals surface area contributed by atoms with Crippen LogP contribution < -0.4 is 5.32 Å². The quantitative estimate of drug-likeness (QED) is 0.769. The number of halogens is 4. The van der Waals surface area contributed by atoms with Crippen LogP contribution in [0.15, 0.2) is 34.8 Å². The Kier molecular flexibility index (Phi) is 5.06. The largest absolute Gasteiger partial charge is 0.306 e. The van der Waals surface area contributed by atoms with Gasteiger partial charge in [-0.25, -0.2) is 13.2 Å². The first-order valence-electron chi connectivity index (χ1n) is 6.59. The van der Waals surface area contributed by atoms with Crippen LogP contribution in [0.25, 0.3) is 0 Å². The zero-order valence-corrected chi connectivity index (χ0v) is 13.3. The topological polar surface area (TPSA) is 12.0 Å². The molecule has 2 aromatic rings. The van der Waals surface area contributed by atoms with Gasteiger partial charge < -0.3 is 5.32 Å². The van der Waals surface area contributed by atoms with E-state index < -0.39 is 23.5 Å². The first-order chi connectivity index (χ1) is 9.97. The Hall–Kier alpha value is -1.33. The van der Waals surface area contributed by atoms with E-state index in [2.05, 4.69) is 21.2 Å². The van der Waals surface area contributed by atoms with E-state index in [1.807, 2.05) is 0 Å². The van der Waals surface area contributed by atoms with Crippen molar-refractivity contribution in [1.82, 2.24) is 5.32 Å². The van der Waals surface area contributed by atoms with Gasteiger partial charge in [0.05, 0.1) is 10.5 Å². The lowest BCUT2D eigenvalue weighted by Gasteiger charge is -2.21. The summed E-state index contributed by atoms with van der Waals surface area (Å²) in [7, 11) is 0. The molecule has 0 aliphatic carbocycles. The second-order valence-corrected chi connectivity index (χ2v) is 5.58. The van der Waals surface area contributed by atoms with Gasteiger partial charge in [0.2, 0.25) is 0 Å². The maximum Gasteiger partial charge on any atom is 0.145 e. The minimum absolute atomic E-state index is 0.148. The first-order valence-corrected chi connectivity index (χ1v) is 7.38. The molecule has 2 rings (SSSR count). The summed E-state index contributed by atoms with van der Waals surface area (Å²) in [4.78, 5) is 0. The van der Waals surface area contributed by atoms with Gasteiger partial charge in [0.25, 0.3) is 0 Å². The van der Waals surface area contributed by atoms with E-state index in [1.165, 1.54) is 18.2 Å². The van der Waals surface area contributed by atoms with Crippen molar-refractivity contribution in [3.05, 3.63) is 68.9 Å². The van der Waals surface area contributed by atoms with Crippen molar-refractivity contribution in [3.8, 4) is 0 Å². The van der Waals surface area contributed by atoms with Gasteiger partial charge in [-0.15, -0.1) is 0 Å². The van der Waals surface area contributed by atoms with Crippen LogP contribution in [0.5, 0.6) is 0 Å². The minimum Gasteiger partial charge on any atom is -0.306 e. The Bertz CT molecular complexity index is 658. The Morgan fingerprint density at radius 2 is 1.81 bits per heavy atom. The van der Waals surface area contributed by atoms with Crippen molar-refractivity contribution >= 4 is 15.9 Å². The average molecular weight is 358 g/mol. The number of hydrogen-bond acceptors (Lipinski definition) is 1. The fourth-order valence-corrected chi connectivity index (χ4v) is 2.62. The van der Waals surface area contributed by atoms with E-state index >= 15 is 0 Å². The molecule has 0 radical (unpaired) electrons. The number of nitrogens with one attached hydrogen (secondary N) is 1. The molecule has 1 atom stereocenters. The van der Waals surface area contributed by atoms with Gasteiger partial charge in [-0.2, -0.15) is 0 Å². The molecule has 2 aromatic carbocycles. The van der Waals surface area contributed by atoms with Crippen molar-refractivity contribution in [3.63, 3.8) is 0 Å². The molecule has 112 valence electrons. The second kappa shape index (κ2) is 6.62. The molecule has 0 aromatic heterocycles. The number of hydrogen-bond donors (Lipinski definition) is 1. The molecule has 21 heavy (non-hydrogen) atoms. The van der Waals surface area contributed by atoms with Crippen molar-refractivity contribution in [2.75, 3.05) is 6.54 Å². The minimum atomic E-state index is -0.882. The van der Waals surface area contributed by atoms with Gasteiger partial charge in [0, 0.05) is 11.1 Å². The Balaban J connectivity index is 2.65. The van der Waals surface area contributed by atoms with Crippen LogP contribution in [0.2, 0.25) is 0 Å².